The number of anilines is 1. The van der Waals surface area contributed by atoms with Gasteiger partial charge in [0.15, 0.2) is 0 Å². The van der Waals surface area contributed by atoms with Crippen LogP contribution >= 0.6 is 0 Å². The number of nitrogen functional groups attached to an aromatic ring is 1. The minimum Gasteiger partial charge on any atom is -0.465 e. The Morgan fingerprint density at radius 1 is 1.29 bits per heavy atom. The molecule has 0 amide bonds. The van der Waals surface area contributed by atoms with E-state index in [2.05, 4.69) is 4.72 Å². The summed E-state index contributed by atoms with van der Waals surface area (Å²) in [6.07, 6.45) is 0. The predicted octanol–water partition coefficient (Wildman–Crippen LogP) is 2.66. The van der Waals surface area contributed by atoms with Crippen LogP contribution in [-0.4, -0.2) is 8.42 Å². The molecule has 7 heteroatoms. The summed E-state index contributed by atoms with van der Waals surface area (Å²) in [5.74, 6) is 0.509. The first-order valence-corrected chi connectivity index (χ1v) is 7.83. The average molecular weight is 312 g/mol. The summed E-state index contributed by atoms with van der Waals surface area (Å²) in [5.41, 5.74) is 5.93. The largest absolute Gasteiger partial charge is 0.465 e. The molecule has 0 radical (unpaired) electrons. The number of rotatable bonds is 4. The van der Waals surface area contributed by atoms with E-state index in [0.717, 1.165) is 6.07 Å². The highest BCUT2D eigenvalue weighted by Crippen LogP contribution is 2.23. The van der Waals surface area contributed by atoms with Gasteiger partial charge in [0.05, 0.1) is 10.9 Å². The molecule has 0 bridgehead atoms. The molecule has 0 aliphatic rings. The fourth-order valence-corrected chi connectivity index (χ4v) is 3.13. The molecule has 0 saturated carbocycles. The van der Waals surface area contributed by atoms with Crippen LogP contribution in [0, 0.1) is 19.7 Å². The second-order valence-electron chi connectivity index (χ2n) is 4.91. The lowest BCUT2D eigenvalue weighted by Gasteiger charge is -2.13. The zero-order valence-electron chi connectivity index (χ0n) is 12.0. The van der Waals surface area contributed by atoms with E-state index in [9.17, 15) is 12.8 Å². The molecule has 1 aromatic carbocycles. The maximum Gasteiger partial charge on any atom is 0.241 e. The number of nitrogens with two attached hydrogens (primary N) is 1. The first kappa shape index (κ1) is 15.5. The van der Waals surface area contributed by atoms with Crippen molar-refractivity contribution in [1.29, 1.82) is 0 Å². The molecule has 1 aromatic heterocycles. The van der Waals surface area contributed by atoms with Crippen LogP contribution in [0.4, 0.5) is 10.1 Å². The molecular formula is C14H17FN2O3S. The number of aryl methyl sites for hydroxylation is 1. The molecule has 0 aliphatic carbocycles. The monoisotopic (exact) mass is 312 g/mol. The van der Waals surface area contributed by atoms with E-state index in [1.54, 1.807) is 26.0 Å². The maximum atomic E-state index is 13.6. The lowest BCUT2D eigenvalue weighted by atomic mass is 10.2. The van der Waals surface area contributed by atoms with Crippen molar-refractivity contribution < 1.29 is 17.2 Å². The Morgan fingerprint density at radius 3 is 2.48 bits per heavy atom. The van der Waals surface area contributed by atoms with Crippen LogP contribution in [0.5, 0.6) is 0 Å². The van der Waals surface area contributed by atoms with E-state index in [1.807, 2.05) is 0 Å². The van der Waals surface area contributed by atoms with Crippen molar-refractivity contribution in [1.82, 2.24) is 4.72 Å². The van der Waals surface area contributed by atoms with E-state index in [4.69, 9.17) is 10.2 Å². The quantitative estimate of drug-likeness (QED) is 0.850. The molecule has 1 unspecified atom stereocenters. The van der Waals surface area contributed by atoms with Gasteiger partial charge in [0.1, 0.15) is 17.3 Å². The van der Waals surface area contributed by atoms with Gasteiger partial charge in [0.2, 0.25) is 10.0 Å². The van der Waals surface area contributed by atoms with Gasteiger partial charge in [0, 0.05) is 11.3 Å². The second-order valence-corrected chi connectivity index (χ2v) is 6.62. The summed E-state index contributed by atoms with van der Waals surface area (Å²) in [6.45, 7) is 4.90. The van der Waals surface area contributed by atoms with Gasteiger partial charge in [-0.2, -0.15) is 0 Å². The Kier molecular flexibility index (Phi) is 4.06. The zero-order chi connectivity index (χ0) is 15.8. The summed E-state index contributed by atoms with van der Waals surface area (Å²) in [5, 5.41) is 0. The normalized spacial score (nSPS) is 13.3. The van der Waals surface area contributed by atoms with Crippen molar-refractivity contribution in [3.63, 3.8) is 0 Å². The van der Waals surface area contributed by atoms with E-state index in [0.29, 0.717) is 11.5 Å². The third-order valence-corrected chi connectivity index (χ3v) is 4.71. The second kappa shape index (κ2) is 5.50. The molecule has 2 aromatic rings. The number of hydrogen-bond acceptors (Lipinski definition) is 4. The third kappa shape index (κ3) is 3.25. The Labute approximate surface area is 123 Å². The highest BCUT2D eigenvalue weighted by Gasteiger charge is 2.22. The Hall–Kier alpha value is -1.86. The molecule has 0 fully saturated rings. The fourth-order valence-electron chi connectivity index (χ4n) is 1.87. The highest BCUT2D eigenvalue weighted by molar-refractivity contribution is 7.89. The standard InChI is InChI=1S/C14H17FN2O3S/c1-8-4-5-14(20-8)10(3)17-21(18,19)11-6-12(15)9(2)13(16)7-11/h4-7,10,17H,16H2,1-3H3. The number of nitrogens with one attached hydrogen (secondary N) is 1. The number of benzene rings is 1. The van der Waals surface area contributed by atoms with Crippen LogP contribution in [0.3, 0.4) is 0 Å². The molecule has 21 heavy (non-hydrogen) atoms. The molecule has 0 saturated heterocycles. The van der Waals surface area contributed by atoms with E-state index in [-0.39, 0.29) is 16.1 Å². The molecule has 5 nitrogen and oxygen atoms in total. The smallest absolute Gasteiger partial charge is 0.241 e. The summed E-state index contributed by atoms with van der Waals surface area (Å²) >= 11 is 0. The summed E-state index contributed by atoms with van der Waals surface area (Å²) in [7, 11) is -3.89. The number of halogens is 1. The van der Waals surface area contributed by atoms with E-state index < -0.39 is 21.9 Å². The van der Waals surface area contributed by atoms with Crippen LogP contribution < -0.4 is 10.5 Å². The molecule has 0 spiro atoms. The van der Waals surface area contributed by atoms with Crippen LogP contribution in [0.2, 0.25) is 0 Å². The molecule has 1 heterocycles. The van der Waals surface area contributed by atoms with Gasteiger partial charge in [-0.25, -0.2) is 17.5 Å². The average Bonchev–Trinajstić information content (AvgIpc) is 2.81. The minimum absolute atomic E-state index is 0.0943. The van der Waals surface area contributed by atoms with E-state index in [1.165, 1.54) is 13.0 Å². The SMILES string of the molecule is Cc1ccc(C(C)NS(=O)(=O)c2cc(N)c(C)c(F)c2)o1. The lowest BCUT2D eigenvalue weighted by Crippen LogP contribution is -2.27. The summed E-state index contributed by atoms with van der Waals surface area (Å²) in [6, 6.07) is 5.04. The Bertz CT molecular complexity index is 745. The van der Waals surface area contributed by atoms with Crippen LogP contribution in [0.15, 0.2) is 33.6 Å². The van der Waals surface area contributed by atoms with E-state index >= 15 is 0 Å². The van der Waals surface area contributed by atoms with Crippen LogP contribution in [-0.2, 0) is 10.0 Å². The lowest BCUT2D eigenvalue weighted by molar-refractivity contribution is 0.441. The molecular weight excluding hydrogens is 295 g/mol. The van der Waals surface area contributed by atoms with Crippen molar-refractivity contribution in [3.05, 3.63) is 47.2 Å². The number of hydrogen-bond donors (Lipinski definition) is 2. The van der Waals surface area contributed by atoms with Gasteiger partial charge in [-0.15, -0.1) is 0 Å². The van der Waals surface area contributed by atoms with Gasteiger partial charge < -0.3 is 10.2 Å². The molecule has 3 N–H and O–H groups in total. The Morgan fingerprint density at radius 2 is 1.95 bits per heavy atom. The first-order valence-electron chi connectivity index (χ1n) is 6.35. The zero-order valence-corrected chi connectivity index (χ0v) is 12.8. The Balaban J connectivity index is 2.30. The highest BCUT2D eigenvalue weighted by atomic mass is 32.2. The van der Waals surface area contributed by atoms with Crippen molar-refractivity contribution in [2.24, 2.45) is 0 Å². The van der Waals surface area contributed by atoms with Crippen molar-refractivity contribution in [2.45, 2.75) is 31.7 Å². The summed E-state index contributed by atoms with van der Waals surface area (Å²) in [4.78, 5) is -0.210. The van der Waals surface area contributed by atoms with Gasteiger partial charge in [-0.1, -0.05) is 0 Å². The van der Waals surface area contributed by atoms with Crippen molar-refractivity contribution in [2.75, 3.05) is 5.73 Å². The predicted molar refractivity (Wildman–Crippen MR) is 77.7 cm³/mol. The fraction of sp³-hybridized carbons (Fsp3) is 0.286. The molecule has 2 rings (SSSR count). The van der Waals surface area contributed by atoms with Crippen molar-refractivity contribution in [3.8, 4) is 0 Å². The molecule has 114 valence electrons. The summed E-state index contributed by atoms with van der Waals surface area (Å²) < 4.78 is 46.0. The molecule has 0 aliphatic heterocycles. The molecule has 1 atom stereocenters. The number of sulfonamides is 1. The van der Waals surface area contributed by atoms with Crippen LogP contribution in [0.1, 0.15) is 30.0 Å². The maximum absolute atomic E-state index is 13.6. The van der Waals surface area contributed by atoms with Crippen LogP contribution in [0.25, 0.3) is 0 Å². The van der Waals surface area contributed by atoms with Crippen molar-refractivity contribution >= 4 is 15.7 Å². The first-order chi connectivity index (χ1) is 9.70. The minimum atomic E-state index is -3.89. The third-order valence-electron chi connectivity index (χ3n) is 3.19. The topological polar surface area (TPSA) is 85.3 Å². The van der Waals surface area contributed by atoms with Gasteiger partial charge in [-0.3, -0.25) is 0 Å². The van der Waals surface area contributed by atoms with Gasteiger partial charge in [-0.05, 0) is 45.0 Å². The van der Waals surface area contributed by atoms with Gasteiger partial charge >= 0.3 is 0 Å². The van der Waals surface area contributed by atoms with Gasteiger partial charge in [0.25, 0.3) is 0 Å². The number of furan rings is 1.